The molecule has 0 fully saturated rings. The molecule has 27 heavy (non-hydrogen) atoms. The molecule has 0 saturated heterocycles. The maximum Gasteiger partial charge on any atom is 0.241 e. The molecular weight excluding hydrogens is 342 g/mol. The molecule has 0 saturated carbocycles. The molecule has 2 N–H and O–H groups in total. The van der Waals surface area contributed by atoms with Crippen molar-refractivity contribution < 1.29 is 9.53 Å². The number of aromatic nitrogens is 1. The lowest BCUT2D eigenvalue weighted by molar-refractivity contribution is -0.127. The Morgan fingerprint density at radius 1 is 1.15 bits per heavy atom. The van der Waals surface area contributed by atoms with Crippen LogP contribution >= 0.6 is 0 Å². The molecule has 1 amide bonds. The van der Waals surface area contributed by atoms with Crippen LogP contribution in [-0.4, -0.2) is 56.0 Å². The Bertz CT molecular complexity index is 730. The second-order valence-electron chi connectivity index (χ2n) is 6.15. The van der Waals surface area contributed by atoms with Crippen LogP contribution in [0.2, 0.25) is 0 Å². The Labute approximate surface area is 160 Å². The summed E-state index contributed by atoms with van der Waals surface area (Å²) in [5, 5.41) is 6.34. The highest BCUT2D eigenvalue weighted by molar-refractivity contribution is 5.86. The van der Waals surface area contributed by atoms with Crippen molar-refractivity contribution in [2.75, 3.05) is 34.3 Å². The molecule has 2 aromatic rings. The summed E-state index contributed by atoms with van der Waals surface area (Å²) in [7, 11) is 5.10. The van der Waals surface area contributed by atoms with Gasteiger partial charge in [-0.2, -0.15) is 0 Å². The highest BCUT2D eigenvalue weighted by atomic mass is 16.5. The Hall–Kier alpha value is -3.09. The van der Waals surface area contributed by atoms with Gasteiger partial charge in [0.1, 0.15) is 5.75 Å². The molecule has 1 aromatic carbocycles. The van der Waals surface area contributed by atoms with Crippen molar-refractivity contribution in [1.29, 1.82) is 0 Å². The van der Waals surface area contributed by atoms with Crippen LogP contribution in [0.15, 0.2) is 53.7 Å². The van der Waals surface area contributed by atoms with Gasteiger partial charge in [-0.05, 0) is 29.8 Å². The van der Waals surface area contributed by atoms with E-state index in [0.717, 1.165) is 23.4 Å². The van der Waals surface area contributed by atoms with Crippen molar-refractivity contribution in [3.05, 3.63) is 59.9 Å². The van der Waals surface area contributed by atoms with Gasteiger partial charge in [-0.25, -0.2) is 4.99 Å². The van der Waals surface area contributed by atoms with Crippen molar-refractivity contribution in [3.8, 4) is 5.75 Å². The largest absolute Gasteiger partial charge is 0.497 e. The lowest BCUT2D eigenvalue weighted by Crippen LogP contribution is -2.43. The molecular formula is C20H27N5O2. The molecule has 7 nitrogen and oxygen atoms in total. The van der Waals surface area contributed by atoms with Crippen LogP contribution in [-0.2, 0) is 17.8 Å². The third-order valence-electron chi connectivity index (χ3n) is 3.88. The summed E-state index contributed by atoms with van der Waals surface area (Å²) in [6, 6.07) is 13.6. The molecule has 0 bridgehead atoms. The van der Waals surface area contributed by atoms with E-state index >= 15 is 0 Å². The van der Waals surface area contributed by atoms with Gasteiger partial charge in [0, 0.05) is 39.0 Å². The third kappa shape index (κ3) is 7.35. The molecule has 0 unspecified atom stereocenters. The predicted octanol–water partition coefficient (Wildman–Crippen LogP) is 1.46. The van der Waals surface area contributed by atoms with Gasteiger partial charge in [-0.15, -0.1) is 0 Å². The number of carbonyl (C=O) groups is 1. The molecule has 0 radical (unpaired) electrons. The SMILES string of the molecule is COc1ccc(CN=C(NCCc2ccccn2)NCC(=O)N(C)C)cc1. The van der Waals surface area contributed by atoms with Gasteiger partial charge in [-0.3, -0.25) is 9.78 Å². The number of ether oxygens (including phenoxy) is 1. The van der Waals surface area contributed by atoms with Gasteiger partial charge < -0.3 is 20.3 Å². The van der Waals surface area contributed by atoms with Crippen molar-refractivity contribution in [2.24, 2.45) is 4.99 Å². The van der Waals surface area contributed by atoms with E-state index in [1.165, 1.54) is 0 Å². The Morgan fingerprint density at radius 2 is 1.93 bits per heavy atom. The van der Waals surface area contributed by atoms with E-state index in [1.807, 2.05) is 42.5 Å². The van der Waals surface area contributed by atoms with Crippen molar-refractivity contribution in [1.82, 2.24) is 20.5 Å². The first-order valence-electron chi connectivity index (χ1n) is 8.83. The zero-order valence-corrected chi connectivity index (χ0v) is 16.1. The van der Waals surface area contributed by atoms with Gasteiger partial charge in [0.15, 0.2) is 5.96 Å². The first-order valence-corrected chi connectivity index (χ1v) is 8.83. The summed E-state index contributed by atoms with van der Waals surface area (Å²) in [5.74, 6) is 1.39. The second-order valence-corrected chi connectivity index (χ2v) is 6.15. The highest BCUT2D eigenvalue weighted by Crippen LogP contribution is 2.11. The summed E-state index contributed by atoms with van der Waals surface area (Å²) in [6.07, 6.45) is 2.55. The van der Waals surface area contributed by atoms with Gasteiger partial charge >= 0.3 is 0 Å². The summed E-state index contributed by atoms with van der Waals surface area (Å²) >= 11 is 0. The first-order chi connectivity index (χ1) is 13.1. The van der Waals surface area contributed by atoms with Crippen LogP contribution < -0.4 is 15.4 Å². The second kappa shape index (κ2) is 10.8. The Morgan fingerprint density at radius 3 is 2.56 bits per heavy atom. The molecule has 1 heterocycles. The fourth-order valence-corrected chi connectivity index (χ4v) is 2.25. The normalized spacial score (nSPS) is 11.0. The minimum absolute atomic E-state index is 0.0151. The number of carbonyl (C=O) groups excluding carboxylic acids is 1. The number of nitrogens with one attached hydrogen (secondary N) is 2. The lowest BCUT2D eigenvalue weighted by atomic mass is 10.2. The fourth-order valence-electron chi connectivity index (χ4n) is 2.25. The minimum atomic E-state index is -0.0151. The monoisotopic (exact) mass is 369 g/mol. The van der Waals surface area contributed by atoms with Crippen molar-refractivity contribution in [2.45, 2.75) is 13.0 Å². The average Bonchev–Trinajstić information content (AvgIpc) is 2.70. The number of nitrogens with zero attached hydrogens (tertiary/aromatic N) is 3. The summed E-state index contributed by atoms with van der Waals surface area (Å²) in [6.45, 7) is 1.35. The van der Waals surface area contributed by atoms with E-state index in [9.17, 15) is 4.79 Å². The maximum absolute atomic E-state index is 11.8. The van der Waals surface area contributed by atoms with E-state index in [-0.39, 0.29) is 12.5 Å². The molecule has 144 valence electrons. The number of guanidine groups is 1. The molecule has 0 spiro atoms. The van der Waals surface area contributed by atoms with Crippen LogP contribution in [0.4, 0.5) is 0 Å². The number of benzene rings is 1. The van der Waals surface area contributed by atoms with E-state index < -0.39 is 0 Å². The average molecular weight is 369 g/mol. The zero-order valence-electron chi connectivity index (χ0n) is 16.1. The number of hydrogen-bond acceptors (Lipinski definition) is 4. The summed E-state index contributed by atoms with van der Waals surface area (Å²) in [5.41, 5.74) is 2.06. The van der Waals surface area contributed by atoms with E-state index in [0.29, 0.717) is 19.0 Å². The number of aliphatic imine (C=N–C) groups is 1. The number of rotatable bonds is 8. The van der Waals surface area contributed by atoms with Crippen LogP contribution in [0.5, 0.6) is 5.75 Å². The van der Waals surface area contributed by atoms with Crippen molar-refractivity contribution >= 4 is 11.9 Å². The smallest absolute Gasteiger partial charge is 0.241 e. The Balaban J connectivity index is 1.95. The maximum atomic E-state index is 11.8. The number of likely N-dealkylation sites (N-methyl/N-ethyl adjacent to an activating group) is 1. The van der Waals surface area contributed by atoms with Gasteiger partial charge in [0.25, 0.3) is 0 Å². The highest BCUT2D eigenvalue weighted by Gasteiger charge is 2.06. The molecule has 0 aliphatic heterocycles. The standard InChI is InChI=1S/C20H27N5O2/c1-25(2)19(26)15-24-20(22-13-11-17-6-4-5-12-21-17)23-14-16-7-9-18(27-3)10-8-16/h4-10,12H,11,13-15H2,1-3H3,(H2,22,23,24). The third-order valence-corrected chi connectivity index (χ3v) is 3.88. The molecule has 0 aliphatic rings. The zero-order chi connectivity index (χ0) is 19.5. The minimum Gasteiger partial charge on any atom is -0.497 e. The topological polar surface area (TPSA) is 78.8 Å². The first kappa shape index (κ1) is 20.2. The molecule has 1 aromatic heterocycles. The Kier molecular flexibility index (Phi) is 8.09. The molecule has 7 heteroatoms. The molecule has 2 rings (SSSR count). The fraction of sp³-hybridized carbons (Fsp3) is 0.350. The van der Waals surface area contributed by atoms with Gasteiger partial charge in [0.2, 0.25) is 5.91 Å². The van der Waals surface area contributed by atoms with Crippen molar-refractivity contribution in [3.63, 3.8) is 0 Å². The quantitative estimate of drug-likeness (QED) is 0.544. The molecule has 0 atom stereocenters. The van der Waals surface area contributed by atoms with E-state index in [4.69, 9.17) is 4.74 Å². The van der Waals surface area contributed by atoms with Gasteiger partial charge in [-0.1, -0.05) is 18.2 Å². The molecule has 0 aliphatic carbocycles. The van der Waals surface area contributed by atoms with Crippen LogP contribution in [0.1, 0.15) is 11.3 Å². The summed E-state index contributed by atoms with van der Waals surface area (Å²) in [4.78, 5) is 22.3. The van der Waals surface area contributed by atoms with Crippen LogP contribution in [0, 0.1) is 0 Å². The van der Waals surface area contributed by atoms with Crippen LogP contribution in [0.25, 0.3) is 0 Å². The number of pyridine rings is 1. The number of hydrogen-bond donors (Lipinski definition) is 2. The number of methoxy groups -OCH3 is 1. The predicted molar refractivity (Wildman–Crippen MR) is 107 cm³/mol. The van der Waals surface area contributed by atoms with E-state index in [2.05, 4.69) is 20.6 Å². The lowest BCUT2D eigenvalue weighted by Gasteiger charge is -2.15. The summed E-state index contributed by atoms with van der Waals surface area (Å²) < 4.78 is 5.17. The number of amides is 1. The van der Waals surface area contributed by atoms with Gasteiger partial charge in [0.05, 0.1) is 20.2 Å². The van der Waals surface area contributed by atoms with Crippen LogP contribution in [0.3, 0.4) is 0 Å². The van der Waals surface area contributed by atoms with E-state index in [1.54, 1.807) is 32.3 Å².